The molecule has 28 heavy (non-hydrogen) atoms. The van der Waals surface area contributed by atoms with E-state index in [1.165, 1.54) is 22.3 Å². The molecule has 4 rings (SSSR count). The fraction of sp³-hybridized carbons (Fsp3) is 0.400. The lowest BCUT2D eigenvalue weighted by molar-refractivity contribution is -0.134. The number of benzene rings is 1. The van der Waals surface area contributed by atoms with Crippen molar-refractivity contribution < 1.29 is 9.59 Å². The molecule has 0 spiro atoms. The summed E-state index contributed by atoms with van der Waals surface area (Å²) >= 11 is 1.30. The number of para-hydroxylation sites is 1. The molecule has 0 saturated carbocycles. The van der Waals surface area contributed by atoms with Crippen LogP contribution in [0.1, 0.15) is 31.2 Å². The number of hydrogen-bond acceptors (Lipinski definition) is 5. The number of anilines is 1. The van der Waals surface area contributed by atoms with Gasteiger partial charge in [-0.1, -0.05) is 29.5 Å². The van der Waals surface area contributed by atoms with E-state index in [2.05, 4.69) is 32.6 Å². The summed E-state index contributed by atoms with van der Waals surface area (Å²) in [5.41, 5.74) is 3.96. The number of likely N-dealkylation sites (tertiary alicyclic amines) is 1. The number of H-pyrrole nitrogens is 1. The van der Waals surface area contributed by atoms with Crippen LogP contribution in [0.4, 0.5) is 5.13 Å². The second-order valence-corrected chi connectivity index (χ2v) is 7.96. The first-order chi connectivity index (χ1) is 13.7. The van der Waals surface area contributed by atoms with Crippen LogP contribution in [0.15, 0.2) is 36.0 Å². The molecule has 3 heterocycles. The van der Waals surface area contributed by atoms with Crippen LogP contribution in [0, 0.1) is 5.92 Å². The summed E-state index contributed by atoms with van der Waals surface area (Å²) in [6, 6.07) is 8.21. The number of rotatable bonds is 6. The van der Waals surface area contributed by atoms with Gasteiger partial charge in [-0.25, -0.2) is 0 Å². The number of aromatic nitrogens is 3. The van der Waals surface area contributed by atoms with Crippen LogP contribution in [0.3, 0.4) is 0 Å². The lowest BCUT2D eigenvalue weighted by atomic mass is 9.96. The van der Waals surface area contributed by atoms with Crippen LogP contribution >= 0.6 is 11.3 Å². The third-order valence-corrected chi connectivity index (χ3v) is 5.85. The summed E-state index contributed by atoms with van der Waals surface area (Å²) in [6.45, 7) is 1.21. The maximum absolute atomic E-state index is 12.6. The predicted octanol–water partition coefficient (Wildman–Crippen LogP) is 3.22. The summed E-state index contributed by atoms with van der Waals surface area (Å²) in [6.07, 6.45) is 5.85. The molecule has 1 atom stereocenters. The Bertz CT molecular complexity index is 953. The molecule has 7 nitrogen and oxygen atoms in total. The highest BCUT2D eigenvalue weighted by Gasteiger charge is 2.28. The topological polar surface area (TPSA) is 91.0 Å². The van der Waals surface area contributed by atoms with Gasteiger partial charge in [-0.2, -0.15) is 0 Å². The van der Waals surface area contributed by atoms with Gasteiger partial charge < -0.3 is 15.2 Å². The van der Waals surface area contributed by atoms with Gasteiger partial charge in [0, 0.05) is 36.6 Å². The number of amides is 2. The zero-order valence-corrected chi connectivity index (χ0v) is 16.4. The normalized spacial score (nSPS) is 17.0. The Morgan fingerprint density at radius 1 is 1.32 bits per heavy atom. The maximum atomic E-state index is 12.6. The van der Waals surface area contributed by atoms with Crippen molar-refractivity contribution in [2.75, 3.05) is 18.4 Å². The molecule has 0 bridgehead atoms. The van der Waals surface area contributed by atoms with Crippen molar-refractivity contribution in [3.63, 3.8) is 0 Å². The summed E-state index contributed by atoms with van der Waals surface area (Å²) < 4.78 is 0. The molecule has 2 N–H and O–H groups in total. The first-order valence-electron chi connectivity index (χ1n) is 9.60. The van der Waals surface area contributed by atoms with E-state index in [-0.39, 0.29) is 17.7 Å². The van der Waals surface area contributed by atoms with E-state index in [1.54, 1.807) is 5.51 Å². The van der Waals surface area contributed by atoms with Gasteiger partial charge in [-0.15, -0.1) is 10.2 Å². The zero-order chi connectivity index (χ0) is 19.3. The molecule has 1 aromatic carbocycles. The van der Waals surface area contributed by atoms with Gasteiger partial charge in [0.25, 0.3) is 0 Å². The molecular weight excluding hydrogens is 374 g/mol. The minimum atomic E-state index is -0.185. The summed E-state index contributed by atoms with van der Waals surface area (Å²) in [5, 5.41) is 12.1. The quantitative estimate of drug-likeness (QED) is 0.668. The van der Waals surface area contributed by atoms with E-state index in [4.69, 9.17) is 0 Å². The number of carbonyl (C=O) groups excluding carboxylic acids is 2. The second kappa shape index (κ2) is 8.52. The standard InChI is InChI=1S/C20H23N5O2S/c26-18(9-3-5-14-11-21-17-8-2-1-7-16(14)17)25-10-4-6-15(12-25)19(27)23-20-24-22-13-28-20/h1-2,7-8,11,13,15,21H,3-6,9-10,12H2,(H,23,24,27)/t15-/m0/s1. The van der Waals surface area contributed by atoms with Gasteiger partial charge in [0.05, 0.1) is 5.92 Å². The molecule has 146 valence electrons. The highest BCUT2D eigenvalue weighted by Crippen LogP contribution is 2.22. The van der Waals surface area contributed by atoms with E-state index in [9.17, 15) is 9.59 Å². The molecular formula is C20H23N5O2S. The molecule has 2 amide bonds. The van der Waals surface area contributed by atoms with Crippen molar-refractivity contribution in [1.29, 1.82) is 0 Å². The number of aryl methyl sites for hydroxylation is 1. The number of nitrogens with one attached hydrogen (secondary N) is 2. The van der Waals surface area contributed by atoms with Crippen molar-refractivity contribution in [2.45, 2.75) is 32.1 Å². The van der Waals surface area contributed by atoms with Crippen LogP contribution in [0.25, 0.3) is 10.9 Å². The number of fused-ring (bicyclic) bond motifs is 1. The minimum absolute atomic E-state index is 0.0759. The van der Waals surface area contributed by atoms with Crippen molar-refractivity contribution in [3.05, 3.63) is 41.5 Å². The van der Waals surface area contributed by atoms with Crippen molar-refractivity contribution in [1.82, 2.24) is 20.1 Å². The van der Waals surface area contributed by atoms with Gasteiger partial charge in [0.15, 0.2) is 0 Å². The predicted molar refractivity (Wildman–Crippen MR) is 109 cm³/mol. The SMILES string of the molecule is O=C(Nc1nncs1)[C@H]1CCCN(C(=O)CCCc2c[nH]c3ccccc23)C1. The summed E-state index contributed by atoms with van der Waals surface area (Å²) in [7, 11) is 0. The van der Waals surface area contributed by atoms with Crippen LogP contribution < -0.4 is 5.32 Å². The first kappa shape index (κ1) is 18.6. The van der Waals surface area contributed by atoms with Gasteiger partial charge in [0.2, 0.25) is 16.9 Å². The van der Waals surface area contributed by atoms with E-state index in [0.29, 0.717) is 18.1 Å². The summed E-state index contributed by atoms with van der Waals surface area (Å²) in [4.78, 5) is 30.2. The van der Waals surface area contributed by atoms with E-state index < -0.39 is 0 Å². The lowest BCUT2D eigenvalue weighted by Gasteiger charge is -2.32. The van der Waals surface area contributed by atoms with Crippen LogP contribution in [0.2, 0.25) is 0 Å². The molecule has 0 radical (unpaired) electrons. The molecule has 8 heteroatoms. The molecule has 1 aliphatic rings. The number of aromatic amines is 1. The molecule has 1 saturated heterocycles. The molecule has 0 unspecified atom stereocenters. The Morgan fingerprint density at radius 2 is 2.21 bits per heavy atom. The van der Waals surface area contributed by atoms with E-state index in [0.717, 1.165) is 37.7 Å². The molecule has 2 aromatic heterocycles. The highest BCUT2D eigenvalue weighted by molar-refractivity contribution is 7.13. The smallest absolute Gasteiger partial charge is 0.231 e. The van der Waals surface area contributed by atoms with E-state index in [1.807, 2.05) is 23.2 Å². The zero-order valence-electron chi connectivity index (χ0n) is 15.6. The Morgan fingerprint density at radius 3 is 3.07 bits per heavy atom. The molecule has 1 aliphatic heterocycles. The van der Waals surface area contributed by atoms with Crippen LogP contribution in [0.5, 0.6) is 0 Å². The average molecular weight is 398 g/mol. The molecule has 1 fully saturated rings. The Hall–Kier alpha value is -2.74. The lowest BCUT2D eigenvalue weighted by Crippen LogP contribution is -2.43. The monoisotopic (exact) mass is 397 g/mol. The largest absolute Gasteiger partial charge is 0.361 e. The van der Waals surface area contributed by atoms with Crippen molar-refractivity contribution >= 4 is 39.2 Å². The Labute approximate surface area is 167 Å². The van der Waals surface area contributed by atoms with Crippen LogP contribution in [-0.4, -0.2) is 45.0 Å². The highest BCUT2D eigenvalue weighted by atomic mass is 32.1. The molecule has 0 aliphatic carbocycles. The summed E-state index contributed by atoms with van der Waals surface area (Å²) in [5.74, 6) is -0.128. The third kappa shape index (κ3) is 4.22. The van der Waals surface area contributed by atoms with Gasteiger partial charge in [-0.3, -0.25) is 9.59 Å². The molecule has 3 aromatic rings. The number of nitrogens with zero attached hydrogens (tertiary/aromatic N) is 3. The van der Waals surface area contributed by atoms with Crippen molar-refractivity contribution in [3.8, 4) is 0 Å². The number of piperidine rings is 1. The Kier molecular flexibility index (Phi) is 5.66. The maximum Gasteiger partial charge on any atom is 0.231 e. The van der Waals surface area contributed by atoms with E-state index >= 15 is 0 Å². The van der Waals surface area contributed by atoms with Crippen LogP contribution in [-0.2, 0) is 16.0 Å². The first-order valence-corrected chi connectivity index (χ1v) is 10.5. The fourth-order valence-corrected chi connectivity index (χ4v) is 4.23. The third-order valence-electron chi connectivity index (χ3n) is 5.25. The van der Waals surface area contributed by atoms with Gasteiger partial charge in [0.1, 0.15) is 5.51 Å². The number of carbonyl (C=O) groups is 2. The minimum Gasteiger partial charge on any atom is -0.361 e. The second-order valence-electron chi connectivity index (χ2n) is 7.13. The van der Waals surface area contributed by atoms with Crippen molar-refractivity contribution in [2.24, 2.45) is 5.92 Å². The van der Waals surface area contributed by atoms with Gasteiger partial charge in [-0.05, 0) is 37.3 Å². The fourth-order valence-electron chi connectivity index (χ4n) is 3.78. The van der Waals surface area contributed by atoms with Gasteiger partial charge >= 0.3 is 0 Å². The number of hydrogen-bond donors (Lipinski definition) is 2. The Balaban J connectivity index is 1.27. The average Bonchev–Trinajstić information content (AvgIpc) is 3.38.